The minimum absolute atomic E-state index is 0.0847. The number of nitrogens with zero attached hydrogens (tertiary/aromatic N) is 2. The molecule has 5 rings (SSSR count). The molecular weight excluding hydrogens is 444 g/mol. The molecule has 1 fully saturated rings. The number of ketones is 1. The van der Waals surface area contributed by atoms with Gasteiger partial charge in [-0.3, -0.25) is 9.59 Å². The van der Waals surface area contributed by atoms with Crippen LogP contribution in [0.3, 0.4) is 0 Å². The van der Waals surface area contributed by atoms with Gasteiger partial charge in [0.25, 0.3) is 5.91 Å². The molecule has 4 heterocycles. The van der Waals surface area contributed by atoms with E-state index in [1.807, 2.05) is 47.8 Å². The minimum atomic E-state index is -0.624. The monoisotopic (exact) mass is 466 g/mol. The summed E-state index contributed by atoms with van der Waals surface area (Å²) in [5.41, 5.74) is 1.64. The van der Waals surface area contributed by atoms with Crippen LogP contribution in [0, 0.1) is 6.92 Å². The molecule has 8 heteroatoms. The van der Waals surface area contributed by atoms with Crippen molar-refractivity contribution >= 4 is 34.4 Å². The van der Waals surface area contributed by atoms with Gasteiger partial charge in [0.1, 0.15) is 5.01 Å². The Morgan fingerprint density at radius 2 is 2.06 bits per heavy atom. The largest absolute Gasteiger partial charge is 0.503 e. The Kier molecular flexibility index (Phi) is 5.67. The fraction of sp³-hybridized carbons (Fsp3) is 0.292. The van der Waals surface area contributed by atoms with Crippen LogP contribution in [-0.4, -0.2) is 45.9 Å². The molecule has 6 nitrogen and oxygen atoms in total. The lowest BCUT2D eigenvalue weighted by Crippen LogP contribution is -2.37. The number of thiophene rings is 1. The van der Waals surface area contributed by atoms with Crippen molar-refractivity contribution in [2.24, 2.45) is 0 Å². The number of thiazole rings is 1. The third-order valence-corrected chi connectivity index (χ3v) is 7.94. The maximum atomic E-state index is 13.7. The third kappa shape index (κ3) is 3.68. The maximum absolute atomic E-state index is 13.7. The average molecular weight is 467 g/mol. The van der Waals surface area contributed by atoms with E-state index in [9.17, 15) is 14.7 Å². The van der Waals surface area contributed by atoms with E-state index in [1.54, 1.807) is 11.8 Å². The van der Waals surface area contributed by atoms with Crippen LogP contribution in [0.5, 0.6) is 0 Å². The number of aliphatic hydroxyl groups is 1. The summed E-state index contributed by atoms with van der Waals surface area (Å²) in [4.78, 5) is 34.2. The van der Waals surface area contributed by atoms with Crippen molar-refractivity contribution in [1.29, 1.82) is 0 Å². The lowest BCUT2D eigenvalue weighted by molar-refractivity contribution is -0.130. The summed E-state index contributed by atoms with van der Waals surface area (Å²) in [6, 6.07) is 12.8. The second kappa shape index (κ2) is 8.61. The molecule has 164 valence electrons. The summed E-state index contributed by atoms with van der Waals surface area (Å²) in [5.74, 6) is -1.34. The summed E-state index contributed by atoms with van der Waals surface area (Å²) in [6.07, 6.45) is 1.72. The Morgan fingerprint density at radius 3 is 2.75 bits per heavy atom. The Balaban J connectivity index is 1.53. The van der Waals surface area contributed by atoms with Gasteiger partial charge >= 0.3 is 0 Å². The van der Waals surface area contributed by atoms with Crippen LogP contribution in [0.15, 0.2) is 59.2 Å². The van der Waals surface area contributed by atoms with Gasteiger partial charge in [-0.25, -0.2) is 4.98 Å². The molecule has 0 bridgehead atoms. The van der Waals surface area contributed by atoms with Crippen molar-refractivity contribution in [3.05, 3.63) is 74.6 Å². The second-order valence-corrected chi connectivity index (χ2v) is 9.88. The molecule has 2 aliphatic heterocycles. The lowest BCUT2D eigenvalue weighted by atomic mass is 10.00. The van der Waals surface area contributed by atoms with Gasteiger partial charge in [0.2, 0.25) is 5.78 Å². The van der Waals surface area contributed by atoms with Crippen LogP contribution < -0.4 is 0 Å². The van der Waals surface area contributed by atoms with E-state index in [1.165, 1.54) is 22.7 Å². The molecule has 1 aromatic carbocycles. The number of carbonyl (C=O) groups is 2. The molecule has 3 aromatic rings. The van der Waals surface area contributed by atoms with Gasteiger partial charge in [-0.2, -0.15) is 0 Å². The predicted molar refractivity (Wildman–Crippen MR) is 124 cm³/mol. The second-order valence-electron chi connectivity index (χ2n) is 7.90. The fourth-order valence-electron chi connectivity index (χ4n) is 4.26. The number of hydrogen-bond acceptors (Lipinski definition) is 7. The molecular formula is C24H22N2O4S2. The zero-order valence-electron chi connectivity index (χ0n) is 17.5. The first-order chi connectivity index (χ1) is 15.5. The van der Waals surface area contributed by atoms with Crippen LogP contribution in [0.2, 0.25) is 0 Å². The van der Waals surface area contributed by atoms with Gasteiger partial charge in [0.15, 0.2) is 5.76 Å². The van der Waals surface area contributed by atoms with Crippen molar-refractivity contribution in [3.8, 4) is 10.6 Å². The zero-order chi connectivity index (χ0) is 22.2. The number of carbonyl (C=O) groups excluding carboxylic acids is 2. The van der Waals surface area contributed by atoms with E-state index >= 15 is 0 Å². The van der Waals surface area contributed by atoms with E-state index < -0.39 is 17.7 Å². The Morgan fingerprint density at radius 1 is 1.25 bits per heavy atom. The van der Waals surface area contributed by atoms with Gasteiger partial charge in [-0.05, 0) is 31.2 Å². The highest BCUT2D eigenvalue weighted by Crippen LogP contribution is 2.42. The van der Waals surface area contributed by atoms with Gasteiger partial charge in [-0.15, -0.1) is 22.7 Å². The number of benzene rings is 1. The predicted octanol–water partition coefficient (Wildman–Crippen LogP) is 4.94. The molecule has 1 N–H and O–H groups in total. The van der Waals surface area contributed by atoms with E-state index in [0.29, 0.717) is 23.7 Å². The topological polar surface area (TPSA) is 79.7 Å². The minimum Gasteiger partial charge on any atom is -0.503 e. The summed E-state index contributed by atoms with van der Waals surface area (Å²) >= 11 is 2.75. The molecule has 1 saturated heterocycles. The number of aryl methyl sites for hydroxylation is 1. The number of aromatic nitrogens is 1. The van der Waals surface area contributed by atoms with E-state index in [-0.39, 0.29) is 17.5 Å². The Bertz CT molecular complexity index is 1180. The van der Waals surface area contributed by atoms with Crippen molar-refractivity contribution in [2.45, 2.75) is 31.9 Å². The van der Waals surface area contributed by atoms with Gasteiger partial charge in [-0.1, -0.05) is 36.4 Å². The van der Waals surface area contributed by atoms with E-state index in [0.717, 1.165) is 28.3 Å². The van der Waals surface area contributed by atoms with Gasteiger partial charge < -0.3 is 14.7 Å². The van der Waals surface area contributed by atoms with Gasteiger partial charge in [0, 0.05) is 23.6 Å². The first-order valence-electron chi connectivity index (χ1n) is 10.5. The number of amides is 1. The van der Waals surface area contributed by atoms with Crippen LogP contribution in [0.25, 0.3) is 10.6 Å². The number of aliphatic hydroxyl groups excluding tert-OH is 1. The highest BCUT2D eigenvalue weighted by atomic mass is 32.1. The first kappa shape index (κ1) is 21.1. The molecule has 2 atom stereocenters. The molecule has 2 unspecified atom stereocenters. The van der Waals surface area contributed by atoms with E-state index in [2.05, 4.69) is 4.98 Å². The summed E-state index contributed by atoms with van der Waals surface area (Å²) < 4.78 is 5.73. The molecule has 0 spiro atoms. The van der Waals surface area contributed by atoms with Crippen molar-refractivity contribution in [3.63, 3.8) is 0 Å². The average Bonchev–Trinajstić information content (AvgIpc) is 3.60. The molecule has 1 amide bonds. The van der Waals surface area contributed by atoms with E-state index in [4.69, 9.17) is 4.74 Å². The normalized spacial score (nSPS) is 21.0. The van der Waals surface area contributed by atoms with Crippen LogP contribution in [0.4, 0.5) is 0 Å². The standard InChI is InChI=1S/C24H22N2O4S2/c1-14-22(32-23(25-14)15-7-3-2-4-8-15)20(27)18-19(17-10-6-12-31-17)26(24(29)21(18)28)13-16-9-5-11-30-16/h2-4,6-8,10,12,16,19,28H,5,9,11,13H2,1H3. The Hall–Kier alpha value is -2.81. The third-order valence-electron chi connectivity index (χ3n) is 5.81. The molecule has 32 heavy (non-hydrogen) atoms. The molecule has 2 aliphatic rings. The number of hydrogen-bond donors (Lipinski definition) is 1. The zero-order valence-corrected chi connectivity index (χ0v) is 19.1. The quantitative estimate of drug-likeness (QED) is 0.521. The maximum Gasteiger partial charge on any atom is 0.290 e. The molecule has 0 radical (unpaired) electrons. The van der Waals surface area contributed by atoms with Crippen LogP contribution >= 0.6 is 22.7 Å². The molecule has 2 aromatic heterocycles. The van der Waals surface area contributed by atoms with Crippen molar-refractivity contribution < 1.29 is 19.4 Å². The van der Waals surface area contributed by atoms with Gasteiger partial charge in [0.05, 0.1) is 28.3 Å². The SMILES string of the molecule is Cc1nc(-c2ccccc2)sc1C(=O)C1=C(O)C(=O)N(CC2CCCO2)C1c1cccs1. The molecule has 0 saturated carbocycles. The fourth-order valence-corrected chi connectivity index (χ4v) is 6.13. The molecule has 0 aliphatic carbocycles. The van der Waals surface area contributed by atoms with Crippen LogP contribution in [0.1, 0.15) is 39.1 Å². The number of Topliss-reactive ketones (excluding diaryl/α,β-unsaturated/α-hetero) is 1. The Labute approximate surface area is 193 Å². The highest BCUT2D eigenvalue weighted by Gasteiger charge is 2.46. The number of rotatable bonds is 6. The smallest absolute Gasteiger partial charge is 0.290 e. The summed E-state index contributed by atoms with van der Waals surface area (Å²) in [6.45, 7) is 2.80. The number of ether oxygens (including phenoxy) is 1. The summed E-state index contributed by atoms with van der Waals surface area (Å²) in [5, 5.41) is 13.5. The lowest BCUT2D eigenvalue weighted by Gasteiger charge is -2.27. The highest BCUT2D eigenvalue weighted by molar-refractivity contribution is 7.17. The summed E-state index contributed by atoms with van der Waals surface area (Å²) in [7, 11) is 0. The first-order valence-corrected chi connectivity index (χ1v) is 12.2. The van der Waals surface area contributed by atoms with Crippen molar-refractivity contribution in [2.75, 3.05) is 13.2 Å². The van der Waals surface area contributed by atoms with Crippen molar-refractivity contribution in [1.82, 2.24) is 9.88 Å². The van der Waals surface area contributed by atoms with Crippen LogP contribution in [-0.2, 0) is 9.53 Å².